The van der Waals surface area contributed by atoms with Gasteiger partial charge in [0.15, 0.2) is 0 Å². The lowest BCUT2D eigenvalue weighted by molar-refractivity contribution is -0.138. The predicted molar refractivity (Wildman–Crippen MR) is 92.8 cm³/mol. The van der Waals surface area contributed by atoms with E-state index in [4.69, 9.17) is 16.3 Å². The van der Waals surface area contributed by atoms with Crippen molar-refractivity contribution < 1.29 is 23.0 Å². The van der Waals surface area contributed by atoms with Crippen molar-refractivity contribution in [2.75, 3.05) is 0 Å². The first-order valence-electron chi connectivity index (χ1n) is 7.92. The smallest absolute Gasteiger partial charge is 0.416 e. The van der Waals surface area contributed by atoms with Gasteiger partial charge in [0.25, 0.3) is 0 Å². The summed E-state index contributed by atoms with van der Waals surface area (Å²) in [5.41, 5.74) is -1.05. The molecule has 0 amide bonds. The topological polar surface area (TPSA) is 60.2 Å². The van der Waals surface area contributed by atoms with Crippen LogP contribution in [0.25, 0.3) is 0 Å². The van der Waals surface area contributed by atoms with Crippen LogP contribution in [0.5, 0.6) is 11.5 Å². The molecular weight excluding hydrogens is 383 g/mol. The Morgan fingerprint density at radius 1 is 1.11 bits per heavy atom. The molecule has 0 saturated carbocycles. The zero-order valence-electron chi connectivity index (χ0n) is 14.1. The first kappa shape index (κ1) is 19.2. The number of ether oxygens (including phenoxy) is 1. The number of nitrogens with zero attached hydrogens (tertiary/aromatic N) is 3. The van der Waals surface area contributed by atoms with Gasteiger partial charge in [0.05, 0.1) is 11.7 Å². The number of hydrogen-bond donors (Lipinski definition) is 1. The van der Waals surface area contributed by atoms with Gasteiger partial charge in [0.1, 0.15) is 30.2 Å². The summed E-state index contributed by atoms with van der Waals surface area (Å²) >= 11 is 5.79. The van der Waals surface area contributed by atoms with Gasteiger partial charge in [-0.05, 0) is 48.9 Å². The first-order valence-corrected chi connectivity index (χ1v) is 8.30. The number of aliphatic hydroxyl groups excluding tert-OH is 1. The van der Waals surface area contributed by atoms with E-state index in [0.717, 1.165) is 6.07 Å². The normalized spacial score (nSPS) is 14.0. The second kappa shape index (κ2) is 7.58. The van der Waals surface area contributed by atoms with Crippen LogP contribution in [-0.2, 0) is 6.18 Å². The fraction of sp³-hybridized carbons (Fsp3) is 0.222. The molecular formula is C18H15ClF3N3O2. The minimum atomic E-state index is -4.65. The van der Waals surface area contributed by atoms with Crippen LogP contribution in [0.1, 0.15) is 24.1 Å². The Balaban J connectivity index is 2.03. The van der Waals surface area contributed by atoms with Gasteiger partial charge in [-0.2, -0.15) is 18.3 Å². The molecule has 27 heavy (non-hydrogen) atoms. The van der Waals surface area contributed by atoms with Crippen molar-refractivity contribution in [3.63, 3.8) is 0 Å². The SMILES string of the molecule is CC(O)C(c1ccc(Oc2ccc(Cl)cc2)cc1C(F)(F)F)n1cncn1. The molecule has 0 spiro atoms. The van der Waals surface area contributed by atoms with E-state index in [0.29, 0.717) is 10.8 Å². The fourth-order valence-corrected chi connectivity index (χ4v) is 2.85. The molecule has 1 N–H and O–H groups in total. The Morgan fingerprint density at radius 3 is 2.33 bits per heavy atom. The van der Waals surface area contributed by atoms with Crippen LogP contribution >= 0.6 is 11.6 Å². The van der Waals surface area contributed by atoms with Crippen LogP contribution < -0.4 is 4.74 Å². The third-order valence-electron chi connectivity index (χ3n) is 3.88. The minimum absolute atomic E-state index is 0.0105. The molecule has 3 aromatic rings. The fourth-order valence-electron chi connectivity index (χ4n) is 2.73. The molecule has 5 nitrogen and oxygen atoms in total. The highest BCUT2D eigenvalue weighted by Gasteiger charge is 2.37. The van der Waals surface area contributed by atoms with Gasteiger partial charge < -0.3 is 9.84 Å². The summed E-state index contributed by atoms with van der Waals surface area (Å²) in [6.07, 6.45) is -3.32. The zero-order valence-corrected chi connectivity index (χ0v) is 14.8. The highest BCUT2D eigenvalue weighted by Crippen LogP contribution is 2.39. The molecule has 0 radical (unpaired) electrons. The molecule has 2 unspecified atom stereocenters. The highest BCUT2D eigenvalue weighted by atomic mass is 35.5. The average molecular weight is 398 g/mol. The Labute approximate surface area is 158 Å². The first-order chi connectivity index (χ1) is 12.8. The van der Waals surface area contributed by atoms with Gasteiger partial charge in [-0.25, -0.2) is 9.67 Å². The van der Waals surface area contributed by atoms with Gasteiger partial charge in [-0.1, -0.05) is 17.7 Å². The molecule has 2 aromatic carbocycles. The van der Waals surface area contributed by atoms with Crippen molar-refractivity contribution in [1.29, 1.82) is 0 Å². The predicted octanol–water partition coefficient (Wildman–Crippen LogP) is 4.71. The molecule has 0 aliphatic carbocycles. The second-order valence-corrected chi connectivity index (χ2v) is 6.30. The molecule has 0 saturated heterocycles. The maximum Gasteiger partial charge on any atom is 0.416 e. The van der Waals surface area contributed by atoms with E-state index in [9.17, 15) is 18.3 Å². The Bertz CT molecular complexity index is 897. The number of aliphatic hydroxyl groups is 1. The van der Waals surface area contributed by atoms with Gasteiger partial charge in [-0.3, -0.25) is 0 Å². The largest absolute Gasteiger partial charge is 0.457 e. The lowest BCUT2D eigenvalue weighted by atomic mass is 9.96. The summed E-state index contributed by atoms with van der Waals surface area (Å²) < 4.78 is 47.7. The number of rotatable bonds is 5. The van der Waals surface area contributed by atoms with E-state index in [1.54, 1.807) is 24.3 Å². The van der Waals surface area contributed by atoms with E-state index in [2.05, 4.69) is 10.1 Å². The third-order valence-corrected chi connectivity index (χ3v) is 4.13. The molecule has 0 aliphatic heterocycles. The maximum absolute atomic E-state index is 13.7. The lowest BCUT2D eigenvalue weighted by Gasteiger charge is -2.24. The van der Waals surface area contributed by atoms with E-state index in [1.807, 2.05) is 0 Å². The van der Waals surface area contributed by atoms with Crippen LogP contribution in [0.3, 0.4) is 0 Å². The molecule has 0 aliphatic rings. The van der Waals surface area contributed by atoms with Gasteiger partial charge in [0, 0.05) is 5.02 Å². The van der Waals surface area contributed by atoms with Crippen LogP contribution in [0.2, 0.25) is 5.02 Å². The number of alkyl halides is 3. The van der Waals surface area contributed by atoms with E-state index in [-0.39, 0.29) is 11.3 Å². The minimum Gasteiger partial charge on any atom is -0.457 e. The van der Waals surface area contributed by atoms with Crippen molar-refractivity contribution in [3.8, 4) is 11.5 Å². The number of aromatic nitrogens is 3. The lowest BCUT2D eigenvalue weighted by Crippen LogP contribution is -2.26. The number of benzene rings is 2. The van der Waals surface area contributed by atoms with Crippen LogP contribution in [-0.4, -0.2) is 26.0 Å². The average Bonchev–Trinajstić information content (AvgIpc) is 3.11. The number of halogens is 4. The Morgan fingerprint density at radius 2 is 1.78 bits per heavy atom. The Hall–Kier alpha value is -2.58. The second-order valence-electron chi connectivity index (χ2n) is 5.86. The van der Waals surface area contributed by atoms with Crippen LogP contribution in [0, 0.1) is 0 Å². The van der Waals surface area contributed by atoms with E-state index >= 15 is 0 Å². The standard InChI is InChI=1S/C18H15ClF3N3O2/c1-11(26)17(25-10-23-9-24-25)15-7-6-14(8-16(15)18(20,21)22)27-13-4-2-12(19)3-5-13/h2-11,17,26H,1H3. The molecule has 142 valence electrons. The highest BCUT2D eigenvalue weighted by molar-refractivity contribution is 6.30. The van der Waals surface area contributed by atoms with Crippen LogP contribution in [0.4, 0.5) is 13.2 Å². The van der Waals surface area contributed by atoms with Crippen molar-refractivity contribution >= 4 is 11.6 Å². The third kappa shape index (κ3) is 4.40. The van der Waals surface area contributed by atoms with E-state index in [1.165, 1.54) is 36.4 Å². The Kier molecular flexibility index (Phi) is 5.38. The quantitative estimate of drug-likeness (QED) is 0.677. The molecule has 0 fully saturated rings. The van der Waals surface area contributed by atoms with Crippen molar-refractivity contribution in [3.05, 3.63) is 71.3 Å². The number of hydrogen-bond acceptors (Lipinski definition) is 4. The summed E-state index contributed by atoms with van der Waals surface area (Å²) in [6, 6.07) is 8.78. The molecule has 0 bridgehead atoms. The summed E-state index contributed by atoms with van der Waals surface area (Å²) in [7, 11) is 0. The molecule has 1 aromatic heterocycles. The van der Waals surface area contributed by atoms with Crippen molar-refractivity contribution in [2.45, 2.75) is 25.2 Å². The van der Waals surface area contributed by atoms with E-state index < -0.39 is 23.9 Å². The maximum atomic E-state index is 13.7. The van der Waals surface area contributed by atoms with Gasteiger partial charge in [-0.15, -0.1) is 0 Å². The zero-order chi connectivity index (χ0) is 19.6. The summed E-state index contributed by atoms with van der Waals surface area (Å²) in [4.78, 5) is 3.75. The van der Waals surface area contributed by atoms with Crippen molar-refractivity contribution in [2.24, 2.45) is 0 Å². The van der Waals surface area contributed by atoms with Gasteiger partial charge in [0.2, 0.25) is 0 Å². The monoisotopic (exact) mass is 397 g/mol. The molecule has 9 heteroatoms. The van der Waals surface area contributed by atoms with Crippen LogP contribution in [0.15, 0.2) is 55.1 Å². The summed E-state index contributed by atoms with van der Waals surface area (Å²) in [5, 5.41) is 14.4. The molecule has 2 atom stereocenters. The van der Waals surface area contributed by atoms with Gasteiger partial charge >= 0.3 is 6.18 Å². The summed E-state index contributed by atoms with van der Waals surface area (Å²) in [6.45, 7) is 1.39. The summed E-state index contributed by atoms with van der Waals surface area (Å²) in [5.74, 6) is 0.361. The molecule has 1 heterocycles. The molecule has 3 rings (SSSR count). The van der Waals surface area contributed by atoms with Crippen molar-refractivity contribution in [1.82, 2.24) is 14.8 Å².